The first kappa shape index (κ1) is 12.0. The summed E-state index contributed by atoms with van der Waals surface area (Å²) in [6.07, 6.45) is 4.69. The lowest BCUT2D eigenvalue weighted by Crippen LogP contribution is -2.38. The van der Waals surface area contributed by atoms with Crippen LogP contribution in [0.4, 0.5) is 0 Å². The molecule has 1 heterocycles. The normalized spacial score (nSPS) is 9.75. The molecule has 1 N–H and O–H groups in total. The second-order valence-corrected chi connectivity index (χ2v) is 3.16. The molecule has 0 aliphatic heterocycles. The van der Waals surface area contributed by atoms with Gasteiger partial charge in [0, 0.05) is 18.9 Å². The van der Waals surface area contributed by atoms with Crippen LogP contribution in [0.1, 0.15) is 0 Å². The minimum Gasteiger partial charge on any atom is -0.480 e. The number of carboxylic acids is 1. The largest absolute Gasteiger partial charge is 0.480 e. The van der Waals surface area contributed by atoms with E-state index in [1.807, 2.05) is 0 Å². The van der Waals surface area contributed by atoms with Crippen LogP contribution in [-0.2, 0) is 16.1 Å². The van der Waals surface area contributed by atoms with Crippen LogP contribution in [0.25, 0.3) is 0 Å². The third-order valence-corrected chi connectivity index (χ3v) is 1.88. The Hall–Kier alpha value is -2.11. The molecule has 0 aromatic carbocycles. The third-order valence-electron chi connectivity index (χ3n) is 1.88. The van der Waals surface area contributed by atoms with Gasteiger partial charge in [-0.25, -0.2) is 0 Å². The zero-order valence-corrected chi connectivity index (χ0v) is 8.74. The van der Waals surface area contributed by atoms with E-state index >= 15 is 0 Å². The lowest BCUT2D eigenvalue weighted by Gasteiger charge is -2.18. The topological polar surface area (TPSA) is 75.4 Å². The van der Waals surface area contributed by atoms with E-state index in [1.54, 1.807) is 18.5 Å². The molecule has 0 aliphatic rings. The van der Waals surface area contributed by atoms with Crippen molar-refractivity contribution in [2.24, 2.45) is 0 Å². The summed E-state index contributed by atoms with van der Waals surface area (Å²) in [7, 11) is 0. The van der Waals surface area contributed by atoms with E-state index in [4.69, 9.17) is 5.11 Å². The Balaban J connectivity index is 2.59. The van der Waals surface area contributed by atoms with Gasteiger partial charge in [-0.1, -0.05) is 6.08 Å². The zero-order chi connectivity index (χ0) is 12.0. The maximum absolute atomic E-state index is 11.7. The molecular formula is C10H13N3O3. The molecule has 0 bridgehead atoms. The highest BCUT2D eigenvalue weighted by molar-refractivity contribution is 5.81. The van der Waals surface area contributed by atoms with Gasteiger partial charge in [0.1, 0.15) is 13.1 Å². The lowest BCUT2D eigenvalue weighted by atomic mass is 10.4. The van der Waals surface area contributed by atoms with Gasteiger partial charge in [0.2, 0.25) is 5.91 Å². The number of hydrogen-bond acceptors (Lipinski definition) is 3. The number of aliphatic carboxylic acids is 1. The van der Waals surface area contributed by atoms with E-state index in [2.05, 4.69) is 11.7 Å². The molecule has 86 valence electrons. The van der Waals surface area contributed by atoms with Gasteiger partial charge in [-0.3, -0.25) is 14.3 Å². The Bertz CT molecular complexity index is 373. The van der Waals surface area contributed by atoms with Crippen molar-refractivity contribution >= 4 is 11.9 Å². The van der Waals surface area contributed by atoms with Gasteiger partial charge in [-0.05, 0) is 6.07 Å². The molecule has 1 aromatic heterocycles. The molecule has 0 aliphatic carbocycles. The summed E-state index contributed by atoms with van der Waals surface area (Å²) in [5.74, 6) is -1.35. The number of carbonyl (C=O) groups excluding carboxylic acids is 1. The summed E-state index contributed by atoms with van der Waals surface area (Å²) in [5, 5.41) is 12.5. The van der Waals surface area contributed by atoms with Crippen LogP contribution in [0.2, 0.25) is 0 Å². The van der Waals surface area contributed by atoms with E-state index in [1.165, 1.54) is 15.7 Å². The minimum atomic E-state index is -1.05. The second kappa shape index (κ2) is 5.69. The monoisotopic (exact) mass is 223 g/mol. The maximum atomic E-state index is 11.7. The Morgan fingerprint density at radius 2 is 2.31 bits per heavy atom. The van der Waals surface area contributed by atoms with Gasteiger partial charge in [-0.15, -0.1) is 6.58 Å². The van der Waals surface area contributed by atoms with Crippen LogP contribution < -0.4 is 0 Å². The molecule has 1 amide bonds. The van der Waals surface area contributed by atoms with Crippen molar-refractivity contribution in [1.29, 1.82) is 0 Å². The van der Waals surface area contributed by atoms with Crippen molar-refractivity contribution in [3.63, 3.8) is 0 Å². The molecule has 0 unspecified atom stereocenters. The van der Waals surface area contributed by atoms with Crippen LogP contribution in [0.3, 0.4) is 0 Å². The smallest absolute Gasteiger partial charge is 0.323 e. The molecule has 0 fully saturated rings. The molecule has 0 saturated heterocycles. The summed E-state index contributed by atoms with van der Waals surface area (Å²) in [4.78, 5) is 23.4. The average Bonchev–Trinajstić information content (AvgIpc) is 2.69. The first-order valence-corrected chi connectivity index (χ1v) is 4.71. The molecule has 1 aromatic rings. The minimum absolute atomic E-state index is 0.0358. The number of rotatable bonds is 6. The Morgan fingerprint density at radius 3 is 2.81 bits per heavy atom. The molecule has 6 heteroatoms. The van der Waals surface area contributed by atoms with Gasteiger partial charge in [0.25, 0.3) is 0 Å². The van der Waals surface area contributed by atoms with Gasteiger partial charge in [0.05, 0.1) is 0 Å². The zero-order valence-electron chi connectivity index (χ0n) is 8.74. The Morgan fingerprint density at radius 1 is 1.56 bits per heavy atom. The number of carboxylic acid groups (broad SMARTS) is 1. The summed E-state index contributed by atoms with van der Waals surface area (Å²) < 4.78 is 1.44. The van der Waals surface area contributed by atoms with E-state index in [0.717, 1.165) is 0 Å². The van der Waals surface area contributed by atoms with E-state index < -0.39 is 5.97 Å². The SMILES string of the molecule is C=CCN(CC(=O)O)C(=O)Cn1cccn1. The van der Waals surface area contributed by atoms with Crippen molar-refractivity contribution < 1.29 is 14.7 Å². The van der Waals surface area contributed by atoms with Gasteiger partial charge < -0.3 is 10.0 Å². The molecular weight excluding hydrogens is 210 g/mol. The molecule has 0 spiro atoms. The van der Waals surface area contributed by atoms with E-state index in [0.29, 0.717) is 0 Å². The fourth-order valence-electron chi connectivity index (χ4n) is 1.21. The number of amides is 1. The summed E-state index contributed by atoms with van der Waals surface area (Å²) in [6.45, 7) is 3.40. The van der Waals surface area contributed by atoms with Crippen LogP contribution in [0.15, 0.2) is 31.1 Å². The van der Waals surface area contributed by atoms with Crippen LogP contribution in [0.5, 0.6) is 0 Å². The predicted molar refractivity (Wildman–Crippen MR) is 56.6 cm³/mol. The number of nitrogens with zero attached hydrogens (tertiary/aromatic N) is 3. The fraction of sp³-hybridized carbons (Fsp3) is 0.300. The second-order valence-electron chi connectivity index (χ2n) is 3.16. The van der Waals surface area contributed by atoms with Crippen LogP contribution >= 0.6 is 0 Å². The first-order chi connectivity index (χ1) is 7.63. The molecule has 6 nitrogen and oxygen atoms in total. The summed E-state index contributed by atoms with van der Waals surface area (Å²) in [6, 6.07) is 1.70. The van der Waals surface area contributed by atoms with Crippen molar-refractivity contribution in [3.8, 4) is 0 Å². The van der Waals surface area contributed by atoms with Crippen molar-refractivity contribution in [3.05, 3.63) is 31.1 Å². The van der Waals surface area contributed by atoms with Crippen LogP contribution in [-0.4, -0.2) is 44.8 Å². The van der Waals surface area contributed by atoms with Gasteiger partial charge in [-0.2, -0.15) is 5.10 Å². The van der Waals surface area contributed by atoms with Crippen LogP contribution in [0, 0.1) is 0 Å². The predicted octanol–water partition coefficient (Wildman–Crippen LogP) is -0.0177. The molecule has 0 radical (unpaired) electrons. The Labute approximate surface area is 92.8 Å². The highest BCUT2D eigenvalue weighted by atomic mass is 16.4. The van der Waals surface area contributed by atoms with Crippen molar-refractivity contribution in [2.45, 2.75) is 6.54 Å². The van der Waals surface area contributed by atoms with Crippen molar-refractivity contribution in [1.82, 2.24) is 14.7 Å². The van der Waals surface area contributed by atoms with Gasteiger partial charge in [0.15, 0.2) is 0 Å². The third kappa shape index (κ3) is 3.56. The molecule has 0 atom stereocenters. The number of hydrogen-bond donors (Lipinski definition) is 1. The molecule has 0 saturated carbocycles. The van der Waals surface area contributed by atoms with Gasteiger partial charge >= 0.3 is 5.97 Å². The number of carbonyl (C=O) groups is 2. The van der Waals surface area contributed by atoms with E-state index in [-0.39, 0.29) is 25.5 Å². The maximum Gasteiger partial charge on any atom is 0.323 e. The van der Waals surface area contributed by atoms with E-state index in [9.17, 15) is 9.59 Å². The average molecular weight is 223 g/mol. The summed E-state index contributed by atoms with van der Waals surface area (Å²) >= 11 is 0. The number of aromatic nitrogens is 2. The highest BCUT2D eigenvalue weighted by Gasteiger charge is 2.15. The highest BCUT2D eigenvalue weighted by Crippen LogP contribution is 1.94. The molecule has 16 heavy (non-hydrogen) atoms. The summed E-state index contributed by atoms with van der Waals surface area (Å²) in [5.41, 5.74) is 0. The first-order valence-electron chi connectivity index (χ1n) is 4.71. The standard InChI is InChI=1S/C10H13N3O3/c1-2-5-12(8-10(15)16)9(14)7-13-6-3-4-11-13/h2-4,6H,1,5,7-8H2,(H,15,16). The fourth-order valence-corrected chi connectivity index (χ4v) is 1.21. The molecule has 1 rings (SSSR count). The lowest BCUT2D eigenvalue weighted by molar-refractivity contribution is -0.144. The quantitative estimate of drug-likeness (QED) is 0.688. The Kier molecular flexibility index (Phi) is 4.26. The van der Waals surface area contributed by atoms with Crippen molar-refractivity contribution in [2.75, 3.05) is 13.1 Å².